The van der Waals surface area contributed by atoms with Crippen LogP contribution in [0, 0.1) is 0 Å². The molecule has 0 aliphatic carbocycles. The fourth-order valence-electron chi connectivity index (χ4n) is 7.69. The lowest BCUT2D eigenvalue weighted by molar-refractivity contribution is -0.305. The fraction of sp³-hybridized carbons (Fsp3) is 0.900. The molecule has 348 valence electrons. The van der Waals surface area contributed by atoms with Crippen molar-refractivity contribution in [3.8, 4) is 0 Å². The van der Waals surface area contributed by atoms with Crippen LogP contribution in [0.25, 0.3) is 0 Å². The molecule has 0 aromatic heterocycles. The third-order valence-corrected chi connectivity index (χ3v) is 11.6. The average Bonchev–Trinajstić information content (AvgIpc) is 3.24. The summed E-state index contributed by atoms with van der Waals surface area (Å²) in [6, 6.07) is 0. The van der Waals surface area contributed by atoms with Crippen LogP contribution < -0.4 is 0 Å². The number of esters is 1. The minimum Gasteiger partial charge on any atom is -0.457 e. The van der Waals surface area contributed by atoms with Crippen molar-refractivity contribution < 1.29 is 44.2 Å². The maximum absolute atomic E-state index is 12.8. The summed E-state index contributed by atoms with van der Waals surface area (Å²) in [6.07, 6.45) is 42.1. The first-order valence-corrected chi connectivity index (χ1v) is 24.9. The second-order valence-corrected chi connectivity index (χ2v) is 17.3. The third kappa shape index (κ3) is 33.0. The summed E-state index contributed by atoms with van der Waals surface area (Å²) < 4.78 is 22.9. The van der Waals surface area contributed by atoms with E-state index >= 15 is 0 Å². The van der Waals surface area contributed by atoms with Gasteiger partial charge in [-0.3, -0.25) is 4.79 Å². The molecule has 9 heteroatoms. The molecule has 1 fully saturated rings. The van der Waals surface area contributed by atoms with Crippen LogP contribution in [-0.4, -0.2) is 89.6 Å². The van der Waals surface area contributed by atoms with Crippen LogP contribution in [0.3, 0.4) is 0 Å². The maximum Gasteiger partial charge on any atom is 0.306 e. The Morgan fingerprint density at radius 3 is 1.51 bits per heavy atom. The topological polar surface area (TPSA) is 135 Å². The number of unbranched alkanes of at least 4 members (excludes halogenated alkanes) is 28. The lowest BCUT2D eigenvalue weighted by Crippen LogP contribution is -2.59. The molecular weight excluding hydrogens is 745 g/mol. The molecule has 0 saturated carbocycles. The molecular formula is C50H94O9. The SMILES string of the molecule is CCCC/C=C\C/C=C\CCCCCCCC(=O)OC(COCCCCCCCCCCCCCCCCCCCCCCCC)COC1OC(CO)C(O)C(O)C1O. The van der Waals surface area contributed by atoms with E-state index in [0.29, 0.717) is 13.0 Å². The lowest BCUT2D eigenvalue weighted by atomic mass is 9.99. The number of allylic oxidation sites excluding steroid dienone is 4. The highest BCUT2D eigenvalue weighted by Crippen LogP contribution is 2.23. The quantitative estimate of drug-likeness (QED) is 0.0269. The van der Waals surface area contributed by atoms with Crippen molar-refractivity contribution in [2.75, 3.05) is 26.4 Å². The van der Waals surface area contributed by atoms with Crippen molar-refractivity contribution in [1.29, 1.82) is 0 Å². The largest absolute Gasteiger partial charge is 0.457 e. The van der Waals surface area contributed by atoms with Crippen LogP contribution in [0.2, 0.25) is 0 Å². The Bertz CT molecular complexity index is 957. The zero-order valence-corrected chi connectivity index (χ0v) is 38.3. The van der Waals surface area contributed by atoms with E-state index in [0.717, 1.165) is 57.8 Å². The molecule has 6 unspecified atom stereocenters. The molecule has 4 N–H and O–H groups in total. The predicted molar refractivity (Wildman–Crippen MR) is 242 cm³/mol. The van der Waals surface area contributed by atoms with Crippen molar-refractivity contribution in [2.45, 2.75) is 263 Å². The summed E-state index contributed by atoms with van der Waals surface area (Å²) >= 11 is 0. The van der Waals surface area contributed by atoms with Gasteiger partial charge in [0.2, 0.25) is 0 Å². The molecule has 0 aromatic rings. The smallest absolute Gasteiger partial charge is 0.306 e. The predicted octanol–water partition coefficient (Wildman–Crippen LogP) is 11.8. The van der Waals surface area contributed by atoms with Crippen molar-refractivity contribution in [1.82, 2.24) is 0 Å². The van der Waals surface area contributed by atoms with Gasteiger partial charge in [-0.15, -0.1) is 0 Å². The second-order valence-electron chi connectivity index (χ2n) is 17.3. The molecule has 1 heterocycles. The van der Waals surface area contributed by atoms with Crippen LogP contribution in [-0.2, 0) is 23.7 Å². The molecule has 0 radical (unpaired) electrons. The van der Waals surface area contributed by atoms with E-state index < -0.39 is 43.4 Å². The Hall–Kier alpha value is -1.33. The fourth-order valence-corrected chi connectivity index (χ4v) is 7.69. The normalized spacial score (nSPS) is 20.3. The van der Waals surface area contributed by atoms with Gasteiger partial charge in [0.1, 0.15) is 30.5 Å². The average molecular weight is 839 g/mol. The van der Waals surface area contributed by atoms with Gasteiger partial charge in [-0.25, -0.2) is 0 Å². The molecule has 0 aromatic carbocycles. The van der Waals surface area contributed by atoms with Gasteiger partial charge >= 0.3 is 5.97 Å². The first-order chi connectivity index (χ1) is 28.9. The molecule has 1 saturated heterocycles. The van der Waals surface area contributed by atoms with Crippen LogP contribution >= 0.6 is 0 Å². The van der Waals surface area contributed by atoms with Crippen LogP contribution in [0.1, 0.15) is 226 Å². The van der Waals surface area contributed by atoms with Gasteiger partial charge in [-0.05, 0) is 38.5 Å². The standard InChI is InChI=1S/C50H94O9/c1-3-5-7-9-11-13-15-17-19-20-21-22-23-24-25-26-28-30-32-34-36-38-40-56-42-44(43-57-50-49(55)48(54)47(53)45(41-51)59-50)58-46(52)39-37-35-33-31-29-27-18-16-14-12-10-8-6-4-2/h10,12,16,18,44-45,47-51,53-55H,3-9,11,13-15,17,19-43H2,1-2H3/b12-10-,18-16-. The zero-order valence-electron chi connectivity index (χ0n) is 38.3. The van der Waals surface area contributed by atoms with Crippen LogP contribution in [0.5, 0.6) is 0 Å². The molecule has 1 aliphatic rings. The van der Waals surface area contributed by atoms with E-state index in [1.165, 1.54) is 148 Å². The number of hydrogen-bond acceptors (Lipinski definition) is 9. The van der Waals surface area contributed by atoms with Crippen molar-refractivity contribution >= 4 is 5.97 Å². The van der Waals surface area contributed by atoms with E-state index in [-0.39, 0.29) is 19.2 Å². The number of aliphatic hydroxyl groups is 4. The molecule has 1 rings (SSSR count). The first-order valence-electron chi connectivity index (χ1n) is 24.9. The Kier molecular flexibility index (Phi) is 39.6. The molecule has 0 bridgehead atoms. The van der Waals surface area contributed by atoms with Gasteiger partial charge in [-0.2, -0.15) is 0 Å². The number of ether oxygens (including phenoxy) is 4. The Morgan fingerprint density at radius 1 is 0.542 bits per heavy atom. The number of hydrogen-bond donors (Lipinski definition) is 4. The van der Waals surface area contributed by atoms with E-state index in [4.69, 9.17) is 18.9 Å². The Labute approximate surface area is 362 Å². The van der Waals surface area contributed by atoms with Gasteiger partial charge in [-0.1, -0.05) is 205 Å². The van der Waals surface area contributed by atoms with Crippen LogP contribution in [0.4, 0.5) is 0 Å². The monoisotopic (exact) mass is 839 g/mol. The summed E-state index contributed by atoms with van der Waals surface area (Å²) in [7, 11) is 0. The summed E-state index contributed by atoms with van der Waals surface area (Å²) in [4.78, 5) is 12.8. The molecule has 59 heavy (non-hydrogen) atoms. The Morgan fingerprint density at radius 2 is 1.00 bits per heavy atom. The summed E-state index contributed by atoms with van der Waals surface area (Å²) in [5.74, 6) is -0.324. The van der Waals surface area contributed by atoms with E-state index in [1.807, 2.05) is 0 Å². The first kappa shape index (κ1) is 55.7. The Balaban J connectivity index is 2.18. The molecule has 9 nitrogen and oxygen atoms in total. The van der Waals surface area contributed by atoms with E-state index in [9.17, 15) is 25.2 Å². The number of aliphatic hydroxyl groups excluding tert-OH is 4. The van der Waals surface area contributed by atoms with Crippen molar-refractivity contribution in [2.24, 2.45) is 0 Å². The molecule has 0 amide bonds. The second kappa shape index (κ2) is 42.0. The van der Waals surface area contributed by atoms with Gasteiger partial charge in [0, 0.05) is 13.0 Å². The highest BCUT2D eigenvalue weighted by Gasteiger charge is 2.44. The highest BCUT2D eigenvalue weighted by atomic mass is 16.7. The number of carbonyl (C=O) groups excluding carboxylic acids is 1. The molecule has 6 atom stereocenters. The van der Waals surface area contributed by atoms with Crippen LogP contribution in [0.15, 0.2) is 24.3 Å². The summed E-state index contributed by atoms with van der Waals surface area (Å²) in [6.45, 7) is 4.54. The number of carbonyl (C=O) groups is 1. The maximum atomic E-state index is 12.8. The van der Waals surface area contributed by atoms with Crippen molar-refractivity contribution in [3.05, 3.63) is 24.3 Å². The van der Waals surface area contributed by atoms with E-state index in [2.05, 4.69) is 38.2 Å². The third-order valence-electron chi connectivity index (χ3n) is 11.6. The summed E-state index contributed by atoms with van der Waals surface area (Å²) in [5.41, 5.74) is 0. The lowest BCUT2D eigenvalue weighted by Gasteiger charge is -2.39. The summed E-state index contributed by atoms with van der Waals surface area (Å²) in [5, 5.41) is 40.2. The van der Waals surface area contributed by atoms with Gasteiger partial charge in [0.15, 0.2) is 6.29 Å². The minimum absolute atomic E-state index is 0.115. The number of rotatable bonds is 43. The van der Waals surface area contributed by atoms with Gasteiger partial charge in [0.25, 0.3) is 0 Å². The molecule has 1 aliphatic heterocycles. The van der Waals surface area contributed by atoms with Gasteiger partial charge < -0.3 is 39.4 Å². The molecule has 0 spiro atoms. The van der Waals surface area contributed by atoms with Gasteiger partial charge in [0.05, 0.1) is 19.8 Å². The van der Waals surface area contributed by atoms with Crippen molar-refractivity contribution in [3.63, 3.8) is 0 Å². The highest BCUT2D eigenvalue weighted by molar-refractivity contribution is 5.69. The zero-order chi connectivity index (χ0) is 42.9. The minimum atomic E-state index is -1.54. The van der Waals surface area contributed by atoms with E-state index in [1.54, 1.807) is 0 Å².